The van der Waals surface area contributed by atoms with Crippen molar-refractivity contribution in [1.82, 2.24) is 4.83 Å². The molecule has 0 saturated heterocycles. The monoisotopic (exact) mass is 324 g/mol. The smallest absolute Gasteiger partial charge is 0.204 e. The van der Waals surface area contributed by atoms with E-state index in [9.17, 15) is 17.2 Å². The van der Waals surface area contributed by atoms with Gasteiger partial charge in [0.05, 0.1) is 10.6 Å². The number of nitrogens with zero attached hydrogens (tertiary/aromatic N) is 1. The predicted octanol–water partition coefficient (Wildman–Crippen LogP) is 2.98. The van der Waals surface area contributed by atoms with Gasteiger partial charge in [0.15, 0.2) is 11.6 Å². The molecule has 7 heteroatoms. The first-order chi connectivity index (χ1) is 10.3. The summed E-state index contributed by atoms with van der Waals surface area (Å²) in [6.07, 6.45) is 0. The lowest BCUT2D eigenvalue weighted by atomic mass is 10.1. The molecule has 0 radical (unpaired) electrons. The third-order valence-electron chi connectivity index (χ3n) is 3.01. The topological polar surface area (TPSA) is 58.5 Å². The summed E-state index contributed by atoms with van der Waals surface area (Å²) in [6.45, 7) is 3.22. The van der Waals surface area contributed by atoms with Crippen molar-refractivity contribution in [3.63, 3.8) is 0 Å². The number of hydrogen-bond acceptors (Lipinski definition) is 3. The maximum atomic E-state index is 13.6. The minimum absolute atomic E-state index is 0.0210. The van der Waals surface area contributed by atoms with Crippen LogP contribution in [0.2, 0.25) is 0 Å². The number of halogens is 2. The van der Waals surface area contributed by atoms with Gasteiger partial charge in [-0.1, -0.05) is 23.8 Å². The second kappa shape index (κ2) is 6.23. The Hall–Kier alpha value is -2.28. The highest BCUT2D eigenvalue weighted by Gasteiger charge is 2.14. The Bertz CT molecular complexity index is 816. The molecule has 0 aromatic heterocycles. The molecular weight excluding hydrogens is 310 g/mol. The zero-order valence-electron chi connectivity index (χ0n) is 12.0. The van der Waals surface area contributed by atoms with Crippen molar-refractivity contribution in [1.29, 1.82) is 0 Å². The average Bonchev–Trinajstić information content (AvgIpc) is 2.48. The molecule has 0 atom stereocenters. The van der Waals surface area contributed by atoms with Crippen LogP contribution in [0.15, 0.2) is 52.5 Å². The molecular formula is C15H14F2N2O2S. The molecule has 2 aromatic rings. The second-order valence-corrected chi connectivity index (χ2v) is 6.37. The Kier molecular flexibility index (Phi) is 4.56. The third kappa shape index (κ3) is 3.48. The molecule has 0 bridgehead atoms. The summed E-state index contributed by atoms with van der Waals surface area (Å²) in [5.41, 5.74) is 0.833. The fraction of sp³-hybridized carbons (Fsp3) is 0.133. The van der Waals surface area contributed by atoms with Gasteiger partial charge in [0, 0.05) is 5.56 Å². The number of hydrogen-bond donors (Lipinski definition) is 1. The summed E-state index contributed by atoms with van der Waals surface area (Å²) in [5, 5.41) is 3.64. The highest BCUT2D eigenvalue weighted by atomic mass is 32.2. The molecule has 0 aliphatic heterocycles. The third-order valence-corrected chi connectivity index (χ3v) is 4.23. The lowest BCUT2D eigenvalue weighted by Gasteiger charge is -2.06. The number of sulfonamides is 1. The molecule has 0 unspecified atom stereocenters. The van der Waals surface area contributed by atoms with Crippen molar-refractivity contribution in [2.24, 2.45) is 5.10 Å². The van der Waals surface area contributed by atoms with E-state index >= 15 is 0 Å². The molecule has 0 heterocycles. The molecule has 2 rings (SSSR count). The van der Waals surface area contributed by atoms with Crippen LogP contribution < -0.4 is 4.83 Å². The molecule has 0 amide bonds. The molecule has 1 N–H and O–H groups in total. The maximum absolute atomic E-state index is 13.6. The Labute approximate surface area is 127 Å². The fourth-order valence-corrected chi connectivity index (χ4v) is 2.60. The van der Waals surface area contributed by atoms with Crippen molar-refractivity contribution in [3.05, 3.63) is 65.2 Å². The van der Waals surface area contributed by atoms with Gasteiger partial charge in [-0.2, -0.15) is 18.4 Å². The van der Waals surface area contributed by atoms with Crippen LogP contribution in [0.5, 0.6) is 0 Å². The molecule has 0 saturated carbocycles. The van der Waals surface area contributed by atoms with Gasteiger partial charge in [-0.05, 0) is 38.1 Å². The van der Waals surface area contributed by atoms with E-state index in [2.05, 4.69) is 5.10 Å². The molecule has 22 heavy (non-hydrogen) atoms. The minimum atomic E-state index is -3.86. The van der Waals surface area contributed by atoms with Gasteiger partial charge in [-0.25, -0.2) is 8.78 Å². The SMILES string of the molecule is C/C(=N/NS(=O)(=O)c1ccc(C)cc1)c1cccc(F)c1F. The Morgan fingerprint density at radius 3 is 2.36 bits per heavy atom. The number of aryl methyl sites for hydroxylation is 1. The van der Waals surface area contributed by atoms with Crippen LogP contribution in [-0.2, 0) is 10.0 Å². The molecule has 0 aliphatic carbocycles. The number of hydrazone groups is 1. The van der Waals surface area contributed by atoms with Crippen LogP contribution >= 0.6 is 0 Å². The highest BCUT2D eigenvalue weighted by molar-refractivity contribution is 7.89. The standard InChI is InChI=1S/C15H14F2N2O2S/c1-10-6-8-12(9-7-10)22(20,21)19-18-11(2)13-4-3-5-14(16)15(13)17/h3-9,19H,1-2H3/b18-11-. The van der Waals surface area contributed by atoms with E-state index in [0.717, 1.165) is 11.6 Å². The number of rotatable bonds is 4. The van der Waals surface area contributed by atoms with E-state index in [1.54, 1.807) is 12.1 Å². The van der Waals surface area contributed by atoms with Gasteiger partial charge in [0.1, 0.15) is 0 Å². The molecule has 116 valence electrons. The predicted molar refractivity (Wildman–Crippen MR) is 80.1 cm³/mol. The van der Waals surface area contributed by atoms with E-state index in [0.29, 0.717) is 0 Å². The van der Waals surface area contributed by atoms with Crippen LogP contribution in [-0.4, -0.2) is 14.1 Å². The quantitative estimate of drug-likeness (QED) is 0.694. The summed E-state index contributed by atoms with van der Waals surface area (Å²) >= 11 is 0. The van der Waals surface area contributed by atoms with Gasteiger partial charge >= 0.3 is 0 Å². The highest BCUT2D eigenvalue weighted by Crippen LogP contribution is 2.13. The first-order valence-corrected chi connectivity index (χ1v) is 7.87. The molecule has 2 aromatic carbocycles. The summed E-state index contributed by atoms with van der Waals surface area (Å²) in [5.74, 6) is -2.09. The summed E-state index contributed by atoms with van der Waals surface area (Å²) < 4.78 is 50.8. The van der Waals surface area contributed by atoms with Crippen molar-refractivity contribution >= 4 is 15.7 Å². The normalized spacial score (nSPS) is 12.3. The van der Waals surface area contributed by atoms with Crippen LogP contribution in [0.3, 0.4) is 0 Å². The lowest BCUT2D eigenvalue weighted by molar-refractivity contribution is 0.507. The van der Waals surface area contributed by atoms with Crippen LogP contribution in [0.25, 0.3) is 0 Å². The van der Waals surface area contributed by atoms with E-state index in [-0.39, 0.29) is 16.2 Å². The summed E-state index contributed by atoms with van der Waals surface area (Å²) in [6, 6.07) is 9.78. The largest absolute Gasteiger partial charge is 0.276 e. The zero-order valence-corrected chi connectivity index (χ0v) is 12.8. The summed E-state index contributed by atoms with van der Waals surface area (Å²) in [4.78, 5) is 2.05. The van der Waals surface area contributed by atoms with Gasteiger partial charge < -0.3 is 0 Å². The fourth-order valence-electron chi connectivity index (χ4n) is 1.74. The van der Waals surface area contributed by atoms with Crippen molar-refractivity contribution < 1.29 is 17.2 Å². The Morgan fingerprint density at radius 1 is 1.09 bits per heavy atom. The van der Waals surface area contributed by atoms with Crippen LogP contribution in [0, 0.1) is 18.6 Å². The Balaban J connectivity index is 2.26. The minimum Gasteiger partial charge on any atom is -0.204 e. The van der Waals surface area contributed by atoms with Crippen molar-refractivity contribution in [3.8, 4) is 0 Å². The number of nitrogens with one attached hydrogen (secondary N) is 1. The van der Waals surface area contributed by atoms with Gasteiger partial charge in [0.25, 0.3) is 10.0 Å². The second-order valence-electron chi connectivity index (χ2n) is 4.71. The molecule has 4 nitrogen and oxygen atoms in total. The van der Waals surface area contributed by atoms with E-state index in [1.165, 1.54) is 31.2 Å². The lowest BCUT2D eigenvalue weighted by Crippen LogP contribution is -2.20. The van der Waals surface area contributed by atoms with Crippen LogP contribution in [0.1, 0.15) is 18.1 Å². The first-order valence-electron chi connectivity index (χ1n) is 6.38. The van der Waals surface area contributed by atoms with Gasteiger partial charge in [-0.15, -0.1) is 0 Å². The molecule has 0 fully saturated rings. The zero-order chi connectivity index (χ0) is 16.3. The molecule has 0 aliphatic rings. The van der Waals surface area contributed by atoms with Gasteiger partial charge in [-0.3, -0.25) is 0 Å². The number of benzene rings is 2. The van der Waals surface area contributed by atoms with Gasteiger partial charge in [0.2, 0.25) is 0 Å². The summed E-state index contributed by atoms with van der Waals surface area (Å²) in [7, 11) is -3.86. The van der Waals surface area contributed by atoms with E-state index in [4.69, 9.17) is 0 Å². The molecule has 0 spiro atoms. The van der Waals surface area contributed by atoms with Crippen molar-refractivity contribution in [2.45, 2.75) is 18.7 Å². The first kappa shape index (κ1) is 16.1. The maximum Gasteiger partial charge on any atom is 0.276 e. The Morgan fingerprint density at radius 2 is 1.73 bits per heavy atom. The van der Waals surface area contributed by atoms with E-state index in [1.807, 2.05) is 11.8 Å². The van der Waals surface area contributed by atoms with Crippen molar-refractivity contribution in [2.75, 3.05) is 0 Å². The van der Waals surface area contributed by atoms with E-state index < -0.39 is 21.7 Å². The average molecular weight is 324 g/mol. The van der Waals surface area contributed by atoms with Crippen LogP contribution in [0.4, 0.5) is 8.78 Å².